The van der Waals surface area contributed by atoms with Crippen molar-refractivity contribution in [3.05, 3.63) is 9.47 Å². The molecule has 0 aromatic heterocycles. The molecule has 14 aliphatic rings. The van der Waals surface area contributed by atoms with Gasteiger partial charge < -0.3 is 144 Å². The van der Waals surface area contributed by atoms with Gasteiger partial charge in [0.2, 0.25) is 12.4 Å². The molecule has 0 aromatic rings. The van der Waals surface area contributed by atoms with E-state index in [1.165, 1.54) is 20.8 Å². The van der Waals surface area contributed by atoms with Gasteiger partial charge in [-0.3, -0.25) is 19.2 Å². The number of aldehydes is 1. The minimum atomic E-state index is -1.41. The molecule has 1 aliphatic carbocycles. The Labute approximate surface area is 638 Å². The quantitative estimate of drug-likeness (QED) is 0.101. The number of ketones is 1. The Balaban J connectivity index is 0.000000149. The summed E-state index contributed by atoms with van der Waals surface area (Å²) in [5, 5.41) is 45.2. The molecular weight excluding hydrogens is 1560 g/mol. The number of esters is 3. The second-order valence-corrected chi connectivity index (χ2v) is 34.0. The predicted molar refractivity (Wildman–Crippen MR) is 366 cm³/mol. The Morgan fingerprint density at radius 2 is 0.832 bits per heavy atom. The minimum Gasteiger partial charge on any atom is -0.458 e. The van der Waals surface area contributed by atoms with Gasteiger partial charge in [-0.1, -0.05) is 18.8 Å². The zero-order chi connectivity index (χ0) is 79.6. The molecule has 14 fully saturated rings. The molecule has 13 heterocycles. The highest BCUT2D eigenvalue weighted by Gasteiger charge is 2.65. The number of hydrogen-bond acceptors (Lipinski definition) is 34. The number of hydrogen-bond donors (Lipinski definition) is 5. The minimum absolute atomic E-state index is 0.0793. The van der Waals surface area contributed by atoms with Gasteiger partial charge in [0.25, 0.3) is 0 Å². The normalized spacial score (nSPS) is 43.4. The van der Waals surface area contributed by atoms with E-state index in [2.05, 4.69) is 43.7 Å². The molecule has 0 amide bonds. The smallest absolute Gasteiger partial charge is 0.305 e. The summed E-state index contributed by atoms with van der Waals surface area (Å²) in [5.41, 5.74) is 0. The third-order valence-electron chi connectivity index (χ3n) is 18.7. The fourth-order valence-electron chi connectivity index (χ4n) is 14.7. The maximum atomic E-state index is 11.2. The first kappa shape index (κ1) is 87.5. The Bertz CT molecular complexity index is 3250. The van der Waals surface area contributed by atoms with Crippen LogP contribution in [0.2, 0.25) is 0 Å². The number of aliphatic hydroxyl groups is 5. The standard InChI is InChI=1S/C14H18O7.C13H18Br2O5.C13H18O5.C12H20O6.C12H18O6.C7H12O5/c1-6-11-7(2)12(18-8(3)15)13(19-9(4)16)14(21-11)20-10(5)17;1-12(2)17-8-6(5-7(14)15)16-11-10(9(8)18-12)19-13(3,4)20-11;1-6-7-8-9(16-12(2,3)15-8)10-11(14-7)18-13(4,5)17-10;2*1-11(2)15-7-6(5-13)14-10-9(8(7)16-11)17-12(3,4)18-10;8-2-5(10)3-1-4(9)7(12)6(3)11/h1,7,11-14H,2-5H3;5-6,8-11H,1-4H3;1,7-11H,2-5H3;6-10,13H,5H2,1-4H3;5-10H,1-4H3;3,5-8,10-12H,1-2H2/t7-,11+,12-,13+,14?;6-,8+,9?,10-,11?;7-,8+,9?,10-,11?;2*6-,7+,8?,9-,10?;3-,5?,6-,7-/m100001/s1. The maximum absolute atomic E-state index is 11.2. The highest BCUT2D eigenvalue weighted by molar-refractivity contribution is 9.28. The van der Waals surface area contributed by atoms with Crippen LogP contribution in [-0.2, 0) is 138 Å². The van der Waals surface area contributed by atoms with Gasteiger partial charge in [-0.05, 0) is 149 Å². The monoisotopic (exact) mass is 1660 g/mol. The molecule has 107 heavy (non-hydrogen) atoms. The molecule has 10 unspecified atom stereocenters. The van der Waals surface area contributed by atoms with Gasteiger partial charge in [-0.25, -0.2) is 0 Å². The van der Waals surface area contributed by atoms with E-state index in [1.807, 2.05) is 103 Å². The summed E-state index contributed by atoms with van der Waals surface area (Å²) in [4.78, 5) is 55.5. The molecule has 0 bridgehead atoms. The third-order valence-corrected chi connectivity index (χ3v) is 19.2. The Morgan fingerprint density at radius 3 is 1.21 bits per heavy atom. The van der Waals surface area contributed by atoms with Crippen LogP contribution < -0.4 is 0 Å². The fraction of sp³-hybridized carbons (Fsp3) is 0.845. The van der Waals surface area contributed by atoms with Gasteiger partial charge >= 0.3 is 17.9 Å². The lowest BCUT2D eigenvalue weighted by Gasteiger charge is -2.41. The molecule has 34 nitrogen and oxygen atoms in total. The highest BCUT2D eigenvalue weighted by atomic mass is 79.9. The van der Waals surface area contributed by atoms with Crippen LogP contribution >= 0.6 is 31.9 Å². The molecule has 606 valence electrons. The SMILES string of the molecule is C#C[C@@H]1OC(OC(C)=O)[C@@H](OC(C)=O)[C@H](OC(C)=O)[C@@H]1C.C#C[C@@H]1OC2OC(C)(C)O[C@H]2C2OC(C)(C)O[C@@H]21.CC1(C)OC2O[C@@H](C=C(Br)Br)[C@H]3OC(C)(C)OC3[C@@H]2O1.CC1(C)OC2O[C@@H](C=O)[C@H]3OC(C)(C)OC3[C@@H]2O1.CC1(C)OC2O[C@@H](CO)[C@H]3OC(C)(C)OC3[C@@H]2O1.O=C1C[C@H](C(O)CO)[C@@H](O)[C@@H]1O. The van der Waals surface area contributed by atoms with E-state index in [9.17, 15) is 34.2 Å². The molecule has 0 aromatic carbocycles. The molecule has 13 saturated heterocycles. The van der Waals surface area contributed by atoms with Gasteiger partial charge in [-0.2, -0.15) is 0 Å². The summed E-state index contributed by atoms with van der Waals surface area (Å²) in [6.45, 7) is 34.1. The number of rotatable bonds is 8. The van der Waals surface area contributed by atoms with E-state index >= 15 is 0 Å². The number of Topliss-reactive ketones (excluding diaryl/α,β-unsaturated/α-hetero) is 1. The second-order valence-electron chi connectivity index (χ2n) is 31.2. The molecule has 13 aliphatic heterocycles. The van der Waals surface area contributed by atoms with Crippen LogP contribution in [-0.4, -0.2) is 281 Å². The van der Waals surface area contributed by atoms with Crippen LogP contribution in [0.5, 0.6) is 0 Å². The van der Waals surface area contributed by atoms with E-state index < -0.39 is 181 Å². The van der Waals surface area contributed by atoms with Crippen molar-refractivity contribution in [3.63, 3.8) is 0 Å². The van der Waals surface area contributed by atoms with Crippen LogP contribution in [0.3, 0.4) is 0 Å². The zero-order valence-corrected chi connectivity index (χ0v) is 66.7. The lowest BCUT2D eigenvalue weighted by atomic mass is 9.90. The van der Waals surface area contributed by atoms with Gasteiger partial charge in [-0.15, -0.1) is 12.8 Å². The van der Waals surface area contributed by atoms with Crippen LogP contribution in [0.4, 0.5) is 0 Å². The van der Waals surface area contributed by atoms with Crippen molar-refractivity contribution in [3.8, 4) is 24.7 Å². The average molecular weight is 1660 g/mol. The number of fused-ring (bicyclic) bond motifs is 12. The summed E-state index contributed by atoms with van der Waals surface area (Å²) in [7, 11) is 0. The Hall–Kier alpha value is -3.47. The summed E-state index contributed by atoms with van der Waals surface area (Å²) < 4.78 is 137. The van der Waals surface area contributed by atoms with E-state index in [0.29, 0.717) is 0 Å². The van der Waals surface area contributed by atoms with Crippen molar-refractivity contribution in [2.45, 2.75) is 357 Å². The number of carbonyl (C=O) groups is 5. The molecule has 1 saturated carbocycles. The molecule has 0 radical (unpaired) electrons. The highest BCUT2D eigenvalue weighted by Crippen LogP contribution is 2.49. The largest absolute Gasteiger partial charge is 0.458 e. The van der Waals surface area contributed by atoms with Crippen LogP contribution in [0.1, 0.15) is 145 Å². The van der Waals surface area contributed by atoms with E-state index in [4.69, 9.17) is 142 Å². The lowest BCUT2D eigenvalue weighted by molar-refractivity contribution is -0.272. The van der Waals surface area contributed by atoms with Crippen molar-refractivity contribution in [2.75, 3.05) is 13.2 Å². The topological polar surface area (TPSA) is 408 Å². The van der Waals surface area contributed by atoms with Gasteiger partial charge in [0, 0.05) is 39.0 Å². The lowest BCUT2D eigenvalue weighted by Crippen LogP contribution is -2.57. The molecular formula is C71H104Br2O34. The van der Waals surface area contributed by atoms with Gasteiger partial charge in [0.1, 0.15) is 110 Å². The summed E-state index contributed by atoms with van der Waals surface area (Å²) in [6.07, 6.45) is -1.97. The number of carbonyl (C=O) groups excluding carboxylic acids is 5. The summed E-state index contributed by atoms with van der Waals surface area (Å²) in [5.74, 6) is -4.11. The molecule has 29 atom stereocenters. The van der Waals surface area contributed by atoms with Crippen LogP contribution in [0, 0.1) is 36.5 Å². The van der Waals surface area contributed by atoms with Crippen molar-refractivity contribution in [1.29, 1.82) is 0 Å². The number of ether oxygens (including phenoxy) is 24. The third kappa shape index (κ3) is 20.9. The molecule has 0 spiro atoms. The first-order chi connectivity index (χ1) is 49.4. The molecule has 5 N–H and O–H groups in total. The van der Waals surface area contributed by atoms with Crippen molar-refractivity contribution < 1.29 is 163 Å². The second kappa shape index (κ2) is 33.5. The van der Waals surface area contributed by atoms with E-state index in [1.54, 1.807) is 20.8 Å². The number of halogens is 2. The first-order valence-corrected chi connectivity index (χ1v) is 36.9. The summed E-state index contributed by atoms with van der Waals surface area (Å²) in [6, 6.07) is 0. The van der Waals surface area contributed by atoms with E-state index in [-0.39, 0.29) is 86.3 Å². The van der Waals surface area contributed by atoms with Crippen molar-refractivity contribution in [2.24, 2.45) is 11.8 Å². The van der Waals surface area contributed by atoms with Crippen LogP contribution in [0.15, 0.2) is 9.47 Å². The van der Waals surface area contributed by atoms with Gasteiger partial charge in [0.05, 0.1) is 28.8 Å². The number of terminal acetylenes is 2. The van der Waals surface area contributed by atoms with E-state index in [0.717, 1.165) is 9.68 Å². The first-order valence-electron chi connectivity index (χ1n) is 35.3. The van der Waals surface area contributed by atoms with Gasteiger partial charge in [0.15, 0.2) is 89.6 Å². The maximum Gasteiger partial charge on any atom is 0.305 e. The molecule has 14 rings (SSSR count). The average Bonchev–Trinajstić information content (AvgIpc) is 1.62. The molecule has 36 heteroatoms. The Morgan fingerprint density at radius 1 is 0.486 bits per heavy atom. The fourth-order valence-corrected chi connectivity index (χ4v) is 15.3. The van der Waals surface area contributed by atoms with Crippen molar-refractivity contribution in [1.82, 2.24) is 0 Å². The summed E-state index contributed by atoms with van der Waals surface area (Å²) >= 11 is 6.72. The van der Waals surface area contributed by atoms with Crippen LogP contribution in [0.25, 0.3) is 0 Å². The predicted octanol–water partition coefficient (Wildman–Crippen LogP) is 3.04. The number of aliphatic hydroxyl groups excluding tert-OH is 5. The zero-order valence-electron chi connectivity index (χ0n) is 63.5. The van der Waals surface area contributed by atoms with Crippen molar-refractivity contribution >= 4 is 61.8 Å². The Kier molecular flexibility index (Phi) is 27.4.